The number of rotatable bonds is 5. The number of amides is 2. The lowest BCUT2D eigenvalue weighted by Gasteiger charge is -2.16. The summed E-state index contributed by atoms with van der Waals surface area (Å²) in [7, 11) is 7.08. The molecule has 0 atom stereocenters. The van der Waals surface area contributed by atoms with Gasteiger partial charge in [-0.1, -0.05) is 6.07 Å². The zero-order valence-corrected chi connectivity index (χ0v) is 15.3. The predicted octanol–water partition coefficient (Wildman–Crippen LogP) is 2.34. The van der Waals surface area contributed by atoms with Crippen molar-refractivity contribution < 1.29 is 18.0 Å². The van der Waals surface area contributed by atoms with E-state index >= 15 is 0 Å². The van der Waals surface area contributed by atoms with Crippen molar-refractivity contribution in [1.29, 1.82) is 0 Å². The Balaban J connectivity index is 2.05. The Morgan fingerprint density at radius 2 is 1.63 bits per heavy atom. The van der Waals surface area contributed by atoms with E-state index in [4.69, 9.17) is 0 Å². The molecule has 0 aliphatic heterocycles. The predicted molar refractivity (Wildman–Crippen MR) is 95.8 cm³/mol. The van der Waals surface area contributed by atoms with E-state index in [1.54, 1.807) is 38.0 Å². The van der Waals surface area contributed by atoms with Crippen LogP contribution in [0.1, 0.15) is 11.4 Å². The molecular formula is C16H20F3N7O. The zero-order valence-electron chi connectivity index (χ0n) is 15.3. The van der Waals surface area contributed by atoms with Gasteiger partial charge in [-0.15, -0.1) is 0 Å². The number of benzene rings is 1. The molecule has 0 unspecified atom stereocenters. The first-order valence-corrected chi connectivity index (χ1v) is 7.88. The van der Waals surface area contributed by atoms with Crippen molar-refractivity contribution in [3.63, 3.8) is 0 Å². The molecule has 0 saturated heterocycles. The van der Waals surface area contributed by atoms with Crippen molar-refractivity contribution in [3.8, 4) is 0 Å². The molecule has 2 aromatic rings. The third-order valence-corrected chi connectivity index (χ3v) is 3.31. The van der Waals surface area contributed by atoms with Gasteiger partial charge in [-0.3, -0.25) is 0 Å². The molecule has 0 spiro atoms. The molecule has 11 heteroatoms. The SMILES string of the molecule is CN(C)c1nc(CNC(=O)Nc2cccc(C(F)(F)F)c2)nc(N(C)C)n1. The van der Waals surface area contributed by atoms with Crippen molar-refractivity contribution in [1.82, 2.24) is 20.3 Å². The monoisotopic (exact) mass is 383 g/mol. The molecule has 2 rings (SSSR count). The zero-order chi connectivity index (χ0) is 20.2. The number of nitrogens with zero attached hydrogens (tertiary/aromatic N) is 5. The fraction of sp³-hybridized carbons (Fsp3) is 0.375. The molecule has 2 N–H and O–H groups in total. The molecule has 1 heterocycles. The Labute approximate surface area is 154 Å². The lowest BCUT2D eigenvalue weighted by molar-refractivity contribution is -0.137. The number of nitrogens with one attached hydrogen (secondary N) is 2. The van der Waals surface area contributed by atoms with E-state index in [1.807, 2.05) is 0 Å². The molecule has 0 aliphatic rings. The van der Waals surface area contributed by atoms with E-state index < -0.39 is 17.8 Å². The molecule has 0 bridgehead atoms. The summed E-state index contributed by atoms with van der Waals surface area (Å²) in [4.78, 5) is 28.1. The summed E-state index contributed by atoms with van der Waals surface area (Å²) >= 11 is 0. The summed E-state index contributed by atoms with van der Waals surface area (Å²) in [5.41, 5.74) is -0.815. The van der Waals surface area contributed by atoms with Crippen LogP contribution in [0, 0.1) is 0 Å². The van der Waals surface area contributed by atoms with Gasteiger partial charge >= 0.3 is 12.2 Å². The summed E-state index contributed by atoms with van der Waals surface area (Å²) in [6, 6.07) is 3.70. The topological polar surface area (TPSA) is 86.3 Å². The van der Waals surface area contributed by atoms with Crippen molar-refractivity contribution in [2.24, 2.45) is 0 Å². The number of anilines is 3. The number of urea groups is 1. The molecule has 0 fully saturated rings. The molecule has 1 aromatic heterocycles. The van der Waals surface area contributed by atoms with E-state index in [-0.39, 0.29) is 12.2 Å². The lowest BCUT2D eigenvalue weighted by atomic mass is 10.2. The molecular weight excluding hydrogens is 363 g/mol. The highest BCUT2D eigenvalue weighted by Crippen LogP contribution is 2.30. The van der Waals surface area contributed by atoms with Crippen LogP contribution in [0.5, 0.6) is 0 Å². The number of alkyl halides is 3. The molecule has 0 saturated carbocycles. The molecule has 0 aliphatic carbocycles. The van der Waals surface area contributed by atoms with Crippen LogP contribution in [-0.4, -0.2) is 49.2 Å². The van der Waals surface area contributed by atoms with Crippen LogP contribution in [0.3, 0.4) is 0 Å². The molecule has 0 radical (unpaired) electrons. The highest BCUT2D eigenvalue weighted by atomic mass is 19.4. The number of carbonyl (C=O) groups excluding carboxylic acids is 1. The maximum absolute atomic E-state index is 12.7. The van der Waals surface area contributed by atoms with Crippen LogP contribution in [0.2, 0.25) is 0 Å². The summed E-state index contributed by atoms with van der Waals surface area (Å²) in [5.74, 6) is 1.16. The van der Waals surface area contributed by atoms with E-state index in [1.165, 1.54) is 12.1 Å². The minimum absolute atomic E-state index is 0.0189. The minimum atomic E-state index is -4.48. The normalized spacial score (nSPS) is 11.1. The number of carbonyl (C=O) groups is 1. The average Bonchev–Trinajstić information content (AvgIpc) is 2.59. The Morgan fingerprint density at radius 1 is 1.04 bits per heavy atom. The lowest BCUT2D eigenvalue weighted by Crippen LogP contribution is -2.30. The van der Waals surface area contributed by atoms with Crippen LogP contribution in [0.15, 0.2) is 24.3 Å². The summed E-state index contributed by atoms with van der Waals surface area (Å²) < 4.78 is 38.2. The molecule has 1 aromatic carbocycles. The molecule has 146 valence electrons. The maximum Gasteiger partial charge on any atom is 0.416 e. The second-order valence-electron chi connectivity index (χ2n) is 6.03. The fourth-order valence-electron chi connectivity index (χ4n) is 1.98. The number of hydrogen-bond donors (Lipinski definition) is 2. The Hall–Kier alpha value is -3.11. The van der Waals surface area contributed by atoms with Crippen molar-refractivity contribution in [2.75, 3.05) is 43.3 Å². The van der Waals surface area contributed by atoms with E-state index in [9.17, 15) is 18.0 Å². The first-order chi connectivity index (χ1) is 12.6. The van der Waals surface area contributed by atoms with Crippen LogP contribution < -0.4 is 20.4 Å². The Morgan fingerprint density at radius 3 is 2.15 bits per heavy atom. The highest BCUT2D eigenvalue weighted by molar-refractivity contribution is 5.89. The number of hydrogen-bond acceptors (Lipinski definition) is 6. The Bertz CT molecular complexity index is 783. The molecule has 27 heavy (non-hydrogen) atoms. The van der Waals surface area contributed by atoms with Gasteiger partial charge < -0.3 is 20.4 Å². The van der Waals surface area contributed by atoms with Crippen molar-refractivity contribution in [3.05, 3.63) is 35.7 Å². The number of halogens is 3. The van der Waals surface area contributed by atoms with Gasteiger partial charge in [0, 0.05) is 33.9 Å². The van der Waals surface area contributed by atoms with Gasteiger partial charge in [0.1, 0.15) is 0 Å². The maximum atomic E-state index is 12.7. The molecule has 2 amide bonds. The first kappa shape index (κ1) is 20.2. The van der Waals surface area contributed by atoms with Crippen LogP contribution >= 0.6 is 0 Å². The first-order valence-electron chi connectivity index (χ1n) is 7.88. The van der Waals surface area contributed by atoms with E-state index in [2.05, 4.69) is 25.6 Å². The molecule has 8 nitrogen and oxygen atoms in total. The third-order valence-electron chi connectivity index (χ3n) is 3.31. The van der Waals surface area contributed by atoms with Crippen molar-refractivity contribution in [2.45, 2.75) is 12.7 Å². The van der Waals surface area contributed by atoms with Gasteiger partial charge in [0.15, 0.2) is 5.82 Å². The van der Waals surface area contributed by atoms with Crippen molar-refractivity contribution >= 4 is 23.6 Å². The van der Waals surface area contributed by atoms with Gasteiger partial charge in [-0.05, 0) is 18.2 Å². The highest BCUT2D eigenvalue weighted by Gasteiger charge is 2.30. The second-order valence-corrected chi connectivity index (χ2v) is 6.03. The average molecular weight is 383 g/mol. The quantitative estimate of drug-likeness (QED) is 0.824. The minimum Gasteiger partial charge on any atom is -0.347 e. The summed E-state index contributed by atoms with van der Waals surface area (Å²) in [5, 5.41) is 4.87. The van der Waals surface area contributed by atoms with Gasteiger partial charge in [0.05, 0.1) is 12.1 Å². The largest absolute Gasteiger partial charge is 0.416 e. The smallest absolute Gasteiger partial charge is 0.347 e. The van der Waals surface area contributed by atoms with E-state index in [0.717, 1.165) is 12.1 Å². The fourth-order valence-corrected chi connectivity index (χ4v) is 1.98. The summed E-state index contributed by atoms with van der Waals surface area (Å²) in [6.45, 7) is -0.0189. The van der Waals surface area contributed by atoms with Gasteiger partial charge in [0.25, 0.3) is 0 Å². The van der Waals surface area contributed by atoms with Crippen LogP contribution in [0.25, 0.3) is 0 Å². The standard InChI is InChI=1S/C16H20F3N7O/c1-25(2)13-22-12(23-14(24-13)26(3)4)9-20-15(27)21-11-7-5-6-10(8-11)16(17,18)19/h5-8H,9H2,1-4H3,(H2,20,21,27). The van der Waals surface area contributed by atoms with Crippen LogP contribution in [-0.2, 0) is 12.7 Å². The summed E-state index contributed by atoms with van der Waals surface area (Å²) in [6.07, 6.45) is -4.48. The number of aromatic nitrogens is 3. The third kappa shape index (κ3) is 5.69. The van der Waals surface area contributed by atoms with Gasteiger partial charge in [-0.2, -0.15) is 28.1 Å². The van der Waals surface area contributed by atoms with Gasteiger partial charge in [0.2, 0.25) is 11.9 Å². The van der Waals surface area contributed by atoms with Gasteiger partial charge in [-0.25, -0.2) is 4.79 Å². The van der Waals surface area contributed by atoms with Crippen LogP contribution in [0.4, 0.5) is 35.5 Å². The van der Waals surface area contributed by atoms with E-state index in [0.29, 0.717) is 17.7 Å². The Kier molecular flexibility index (Phi) is 6.03. The second kappa shape index (κ2) is 8.06.